The lowest BCUT2D eigenvalue weighted by Gasteiger charge is -2.40. The van der Waals surface area contributed by atoms with E-state index in [2.05, 4.69) is 5.32 Å². The van der Waals surface area contributed by atoms with Crippen LogP contribution in [0.4, 0.5) is 0 Å². The third kappa shape index (κ3) is 3.32. The standard InChI is InChI=1S/C19H33NO/c1-2-9-18(10-3-1,15-20-16-6-7-16)14-17-8-13-19(21-17)11-4-5-12-19/h16-17,20H,1-15H2. The Kier molecular flexibility index (Phi) is 4.04. The zero-order chi connectivity index (χ0) is 14.2. The van der Waals surface area contributed by atoms with Crippen LogP contribution in [0.25, 0.3) is 0 Å². The third-order valence-corrected chi connectivity index (χ3v) is 6.77. The molecule has 0 aromatic heterocycles. The Morgan fingerprint density at radius 3 is 2.24 bits per heavy atom. The Morgan fingerprint density at radius 2 is 1.52 bits per heavy atom. The van der Waals surface area contributed by atoms with Gasteiger partial charge in [-0.15, -0.1) is 0 Å². The molecule has 1 N–H and O–H groups in total. The highest BCUT2D eigenvalue weighted by molar-refractivity contribution is 4.97. The van der Waals surface area contributed by atoms with Crippen molar-refractivity contribution in [1.82, 2.24) is 5.32 Å². The predicted octanol–water partition coefficient (Wildman–Crippen LogP) is 4.57. The summed E-state index contributed by atoms with van der Waals surface area (Å²) in [6, 6.07) is 0.856. The fourth-order valence-electron chi connectivity index (χ4n) is 5.31. The maximum absolute atomic E-state index is 6.63. The van der Waals surface area contributed by atoms with Crippen molar-refractivity contribution in [1.29, 1.82) is 0 Å². The molecular formula is C19H33NO. The van der Waals surface area contributed by atoms with E-state index in [0.29, 0.717) is 17.1 Å². The van der Waals surface area contributed by atoms with Crippen LogP contribution >= 0.6 is 0 Å². The van der Waals surface area contributed by atoms with E-state index < -0.39 is 0 Å². The molecule has 3 aliphatic carbocycles. The first-order chi connectivity index (χ1) is 10.3. The van der Waals surface area contributed by atoms with Crippen LogP contribution in [0.15, 0.2) is 0 Å². The molecule has 1 aliphatic heterocycles. The lowest BCUT2D eigenvalue weighted by Crippen LogP contribution is -2.40. The molecule has 1 atom stereocenters. The highest BCUT2D eigenvalue weighted by Gasteiger charge is 2.45. The molecule has 3 saturated carbocycles. The number of nitrogens with one attached hydrogen (secondary N) is 1. The summed E-state index contributed by atoms with van der Waals surface area (Å²) in [5.41, 5.74) is 0.889. The number of ether oxygens (including phenoxy) is 1. The van der Waals surface area contributed by atoms with Crippen molar-refractivity contribution in [3.05, 3.63) is 0 Å². The van der Waals surface area contributed by atoms with E-state index in [1.54, 1.807) is 0 Å². The Hall–Kier alpha value is -0.0800. The Balaban J connectivity index is 1.37. The molecule has 1 unspecified atom stereocenters. The first-order valence-electron chi connectivity index (χ1n) is 9.69. The third-order valence-electron chi connectivity index (χ3n) is 6.77. The Bertz CT molecular complexity index is 351. The molecular weight excluding hydrogens is 258 g/mol. The number of hydrogen-bond donors (Lipinski definition) is 1. The molecule has 0 aromatic rings. The average molecular weight is 291 g/mol. The lowest BCUT2D eigenvalue weighted by molar-refractivity contribution is -0.0577. The van der Waals surface area contributed by atoms with Gasteiger partial charge in [0.2, 0.25) is 0 Å². The molecule has 120 valence electrons. The van der Waals surface area contributed by atoms with E-state index in [1.807, 2.05) is 0 Å². The van der Waals surface area contributed by atoms with Gasteiger partial charge in [0.15, 0.2) is 0 Å². The SMILES string of the molecule is C1CCC(CNC2CC2)(CC2CCC3(CCCC3)O2)CC1. The maximum atomic E-state index is 6.63. The van der Waals surface area contributed by atoms with Crippen LogP contribution in [-0.2, 0) is 4.74 Å². The zero-order valence-corrected chi connectivity index (χ0v) is 13.7. The monoisotopic (exact) mass is 291 g/mol. The van der Waals surface area contributed by atoms with Crippen LogP contribution in [-0.4, -0.2) is 24.3 Å². The van der Waals surface area contributed by atoms with E-state index in [9.17, 15) is 0 Å². The van der Waals surface area contributed by atoms with Gasteiger partial charge in [-0.2, -0.15) is 0 Å². The normalized spacial score (nSPS) is 34.6. The summed E-state index contributed by atoms with van der Waals surface area (Å²) < 4.78 is 6.63. The minimum Gasteiger partial charge on any atom is -0.372 e. The molecule has 4 fully saturated rings. The summed E-state index contributed by atoms with van der Waals surface area (Å²) in [5.74, 6) is 0. The molecule has 2 heteroatoms. The zero-order valence-electron chi connectivity index (χ0n) is 13.7. The molecule has 0 radical (unpaired) electrons. The summed E-state index contributed by atoms with van der Waals surface area (Å²) >= 11 is 0. The fourth-order valence-corrected chi connectivity index (χ4v) is 5.31. The van der Waals surface area contributed by atoms with Crippen molar-refractivity contribution in [3.63, 3.8) is 0 Å². The van der Waals surface area contributed by atoms with Crippen LogP contribution in [0.3, 0.4) is 0 Å². The van der Waals surface area contributed by atoms with E-state index in [0.717, 1.165) is 6.04 Å². The van der Waals surface area contributed by atoms with E-state index in [1.165, 1.54) is 96.4 Å². The van der Waals surface area contributed by atoms with Crippen LogP contribution in [0, 0.1) is 5.41 Å². The van der Waals surface area contributed by atoms with Crippen molar-refractivity contribution in [2.75, 3.05) is 6.54 Å². The van der Waals surface area contributed by atoms with Crippen molar-refractivity contribution >= 4 is 0 Å². The quantitative estimate of drug-likeness (QED) is 0.801. The summed E-state index contributed by atoms with van der Waals surface area (Å²) in [7, 11) is 0. The van der Waals surface area contributed by atoms with Crippen LogP contribution in [0.1, 0.15) is 89.9 Å². The van der Waals surface area contributed by atoms with E-state index >= 15 is 0 Å². The fraction of sp³-hybridized carbons (Fsp3) is 1.00. The summed E-state index contributed by atoms with van der Waals surface area (Å²) in [4.78, 5) is 0. The lowest BCUT2D eigenvalue weighted by atomic mass is 9.70. The summed E-state index contributed by atoms with van der Waals surface area (Å²) in [6.45, 7) is 1.27. The van der Waals surface area contributed by atoms with Crippen molar-refractivity contribution < 1.29 is 4.74 Å². The minimum atomic E-state index is 0.324. The molecule has 0 bridgehead atoms. The molecule has 1 heterocycles. The van der Waals surface area contributed by atoms with Gasteiger partial charge in [-0.05, 0) is 63.2 Å². The number of hydrogen-bond acceptors (Lipinski definition) is 2. The highest BCUT2D eigenvalue weighted by atomic mass is 16.5. The molecule has 0 amide bonds. The molecule has 21 heavy (non-hydrogen) atoms. The van der Waals surface area contributed by atoms with Crippen molar-refractivity contribution in [2.45, 2.75) is 108 Å². The van der Waals surface area contributed by atoms with Gasteiger partial charge in [0.25, 0.3) is 0 Å². The molecule has 4 rings (SSSR count). The molecule has 1 saturated heterocycles. The van der Waals surface area contributed by atoms with Gasteiger partial charge in [-0.25, -0.2) is 0 Å². The van der Waals surface area contributed by atoms with Crippen molar-refractivity contribution in [3.8, 4) is 0 Å². The van der Waals surface area contributed by atoms with Gasteiger partial charge >= 0.3 is 0 Å². The number of rotatable bonds is 5. The van der Waals surface area contributed by atoms with Gasteiger partial charge < -0.3 is 10.1 Å². The molecule has 0 aromatic carbocycles. The van der Waals surface area contributed by atoms with E-state index in [4.69, 9.17) is 4.74 Å². The minimum absolute atomic E-state index is 0.324. The smallest absolute Gasteiger partial charge is 0.0687 e. The molecule has 4 aliphatic rings. The topological polar surface area (TPSA) is 21.3 Å². The first kappa shape index (κ1) is 14.5. The average Bonchev–Trinajstić information content (AvgIpc) is 3.11. The highest BCUT2D eigenvalue weighted by Crippen LogP contribution is 2.48. The van der Waals surface area contributed by atoms with Crippen LogP contribution in [0.5, 0.6) is 0 Å². The van der Waals surface area contributed by atoms with Crippen LogP contribution < -0.4 is 5.32 Å². The Morgan fingerprint density at radius 1 is 0.810 bits per heavy atom. The van der Waals surface area contributed by atoms with E-state index in [-0.39, 0.29) is 0 Å². The van der Waals surface area contributed by atoms with Gasteiger partial charge in [0, 0.05) is 12.6 Å². The van der Waals surface area contributed by atoms with Crippen LogP contribution in [0.2, 0.25) is 0 Å². The predicted molar refractivity (Wildman–Crippen MR) is 86.5 cm³/mol. The summed E-state index contributed by atoms with van der Waals surface area (Å²) in [5, 5.41) is 3.85. The molecule has 1 spiro atoms. The second-order valence-corrected chi connectivity index (χ2v) is 8.59. The first-order valence-corrected chi connectivity index (χ1v) is 9.69. The van der Waals surface area contributed by atoms with Crippen molar-refractivity contribution in [2.24, 2.45) is 5.41 Å². The largest absolute Gasteiger partial charge is 0.372 e. The maximum Gasteiger partial charge on any atom is 0.0687 e. The molecule has 2 nitrogen and oxygen atoms in total. The van der Waals surface area contributed by atoms with Gasteiger partial charge in [0.1, 0.15) is 0 Å². The summed E-state index contributed by atoms with van der Waals surface area (Å²) in [6.07, 6.45) is 20.2. The second-order valence-electron chi connectivity index (χ2n) is 8.59. The van der Waals surface area contributed by atoms with Gasteiger partial charge in [0.05, 0.1) is 11.7 Å². The Labute approximate surface area is 130 Å². The van der Waals surface area contributed by atoms with Gasteiger partial charge in [-0.3, -0.25) is 0 Å². The second kappa shape index (κ2) is 5.85. The van der Waals surface area contributed by atoms with Gasteiger partial charge in [-0.1, -0.05) is 32.1 Å².